The molecular weight excluding hydrogens is 250 g/mol. The van der Waals surface area contributed by atoms with Gasteiger partial charge in [0.2, 0.25) is 0 Å². The topological polar surface area (TPSA) is 20.2 Å². The molecule has 0 aliphatic heterocycles. The van der Waals surface area contributed by atoms with Crippen molar-refractivity contribution in [2.24, 2.45) is 0 Å². The summed E-state index contributed by atoms with van der Waals surface area (Å²) in [7, 11) is 0. The summed E-state index contributed by atoms with van der Waals surface area (Å²) in [6.07, 6.45) is 0. The molecule has 1 aromatic rings. The third-order valence-electron chi connectivity index (χ3n) is 2.06. The van der Waals surface area contributed by atoms with E-state index in [1.54, 1.807) is 0 Å². The number of benzene rings is 1. The van der Waals surface area contributed by atoms with Crippen LogP contribution < -0.4 is 56.8 Å². The first-order valence-electron chi connectivity index (χ1n) is 4.34. The summed E-state index contributed by atoms with van der Waals surface area (Å²) >= 11 is 0. The van der Waals surface area contributed by atoms with Gasteiger partial charge >= 0.3 is 58.4 Å². The largest absolute Gasteiger partial charge is 1.00 e. The molecule has 0 amide bonds. The fraction of sp³-hybridized carbons (Fsp3) is 0.333. The van der Waals surface area contributed by atoms with E-state index < -0.39 is 23.9 Å². The number of hydrogen-bond donors (Lipinski definition) is 1. The van der Waals surface area contributed by atoms with Gasteiger partial charge in [-0.05, 0) is 25.5 Å². The molecule has 0 saturated carbocycles. The molecule has 0 aliphatic rings. The summed E-state index contributed by atoms with van der Waals surface area (Å²) in [4.78, 5) is 0. The van der Waals surface area contributed by atoms with Crippen LogP contribution in [0.4, 0.5) is 17.3 Å². The molecule has 0 bridgehead atoms. The van der Waals surface area contributed by atoms with Crippen molar-refractivity contribution < 1.29 is 73.8 Å². The van der Waals surface area contributed by atoms with Gasteiger partial charge in [-0.25, -0.2) is 4.39 Å². The maximum Gasteiger partial charge on any atom is 1.00 e. The number of halogens is 4. The van der Waals surface area contributed by atoms with Crippen molar-refractivity contribution in [2.45, 2.75) is 19.4 Å². The molecule has 1 N–H and O–H groups in total. The Morgan fingerprint density at radius 3 is 2.00 bits per heavy atom. The summed E-state index contributed by atoms with van der Waals surface area (Å²) in [5.74, 6) is -1.35. The predicted molar refractivity (Wildman–Crippen MR) is 50.4 cm³/mol. The molecule has 0 unspecified atom stereocenters. The van der Waals surface area contributed by atoms with Crippen molar-refractivity contribution in [1.29, 1.82) is 0 Å². The van der Waals surface area contributed by atoms with Crippen molar-refractivity contribution in [3.05, 3.63) is 29.6 Å². The van der Waals surface area contributed by atoms with E-state index in [1.165, 1.54) is 13.8 Å². The van der Waals surface area contributed by atoms with E-state index in [2.05, 4.69) is 0 Å². The van der Waals surface area contributed by atoms with Crippen molar-refractivity contribution in [3.63, 3.8) is 0 Å². The van der Waals surface area contributed by atoms with Crippen molar-refractivity contribution in [3.8, 4) is 0 Å². The second-order valence-corrected chi connectivity index (χ2v) is 3.87. The van der Waals surface area contributed by atoms with Crippen LogP contribution in [0.5, 0.6) is 0 Å². The monoisotopic (exact) mass is 260 g/mol. The maximum absolute atomic E-state index is 13.1. The van der Waals surface area contributed by atoms with E-state index >= 15 is 0 Å². The fourth-order valence-corrected chi connectivity index (χ4v) is 1.17. The Bertz CT molecular complexity index is 373. The van der Waals surface area contributed by atoms with E-state index in [-0.39, 0.29) is 56.9 Å². The normalized spacial score (nSPS) is 12.2. The van der Waals surface area contributed by atoms with Crippen molar-refractivity contribution in [2.75, 3.05) is 0 Å². The molecule has 0 atom stereocenters. The third kappa shape index (κ3) is 4.12. The summed E-state index contributed by atoms with van der Waals surface area (Å²) < 4.78 is 49.8. The summed E-state index contributed by atoms with van der Waals surface area (Å²) in [6, 6.07) is 2.45. The SMILES string of the molecule is CC(C)(O)c1ccc([B-](F)(F)F)c(F)c1.[K+]. The van der Waals surface area contributed by atoms with Gasteiger partial charge < -0.3 is 18.1 Å². The molecule has 0 radical (unpaired) electrons. The van der Waals surface area contributed by atoms with Gasteiger partial charge in [0, 0.05) is 0 Å². The van der Waals surface area contributed by atoms with Crippen LogP contribution >= 0.6 is 0 Å². The summed E-state index contributed by atoms with van der Waals surface area (Å²) in [6.45, 7) is -2.59. The van der Waals surface area contributed by atoms with Gasteiger partial charge in [0.05, 0.1) is 11.4 Å². The number of rotatable bonds is 2. The molecule has 0 aliphatic carbocycles. The zero-order chi connectivity index (χ0) is 11.9. The Hall–Kier alpha value is 0.601. The average molecular weight is 260 g/mol. The van der Waals surface area contributed by atoms with Gasteiger partial charge in [-0.1, -0.05) is 17.6 Å². The molecule has 7 heteroatoms. The van der Waals surface area contributed by atoms with Crippen molar-refractivity contribution in [1.82, 2.24) is 0 Å². The van der Waals surface area contributed by atoms with Crippen LogP contribution in [-0.4, -0.2) is 12.1 Å². The molecule has 16 heavy (non-hydrogen) atoms. The second kappa shape index (κ2) is 5.50. The minimum Gasteiger partial charge on any atom is -0.445 e. The van der Waals surface area contributed by atoms with Crippen LogP contribution in [0.2, 0.25) is 0 Å². The van der Waals surface area contributed by atoms with Crippen LogP contribution in [0, 0.1) is 5.82 Å². The average Bonchev–Trinajstić information content (AvgIpc) is 1.99. The smallest absolute Gasteiger partial charge is 0.445 e. The Balaban J connectivity index is 0.00000225. The van der Waals surface area contributed by atoms with Gasteiger partial charge in [0.25, 0.3) is 0 Å². The third-order valence-corrected chi connectivity index (χ3v) is 2.06. The Kier molecular flexibility index (Phi) is 5.70. The van der Waals surface area contributed by atoms with E-state index in [9.17, 15) is 22.4 Å². The van der Waals surface area contributed by atoms with Crippen LogP contribution in [0.15, 0.2) is 18.2 Å². The predicted octanol–water partition coefficient (Wildman–Crippen LogP) is -0.889. The molecular formula is C9H10BF4KO. The van der Waals surface area contributed by atoms with Crippen LogP contribution in [0.25, 0.3) is 0 Å². The zero-order valence-corrected chi connectivity index (χ0v) is 12.4. The molecule has 0 fully saturated rings. The minimum absolute atomic E-state index is 0. The number of hydrogen-bond acceptors (Lipinski definition) is 1. The molecule has 0 heterocycles. The van der Waals surface area contributed by atoms with Gasteiger partial charge in [-0.3, -0.25) is 0 Å². The first-order valence-corrected chi connectivity index (χ1v) is 4.34. The van der Waals surface area contributed by atoms with Crippen LogP contribution in [-0.2, 0) is 5.60 Å². The molecule has 1 aromatic carbocycles. The van der Waals surface area contributed by atoms with E-state index in [1.807, 2.05) is 0 Å². The van der Waals surface area contributed by atoms with Crippen LogP contribution in [0.3, 0.4) is 0 Å². The Labute approximate surface area is 134 Å². The van der Waals surface area contributed by atoms with Crippen LogP contribution in [0.1, 0.15) is 19.4 Å². The first-order chi connectivity index (χ1) is 6.62. The Morgan fingerprint density at radius 2 is 1.69 bits per heavy atom. The molecule has 0 aromatic heterocycles. The summed E-state index contributed by atoms with van der Waals surface area (Å²) in [5.41, 5.74) is -2.50. The second-order valence-electron chi connectivity index (χ2n) is 3.87. The van der Waals surface area contributed by atoms with Crippen molar-refractivity contribution >= 4 is 12.4 Å². The molecule has 1 nitrogen and oxygen atoms in total. The summed E-state index contributed by atoms with van der Waals surface area (Å²) in [5, 5.41) is 9.46. The Morgan fingerprint density at radius 1 is 1.19 bits per heavy atom. The standard InChI is InChI=1S/C9H10BF4O.K/c1-9(2,15)6-3-4-7(8(11)5-6)10(12,13)14;/h3-5,15H,1-2H3;/q-1;+1. The van der Waals surface area contributed by atoms with Gasteiger partial charge in [-0.15, -0.1) is 0 Å². The number of aliphatic hydroxyl groups is 1. The van der Waals surface area contributed by atoms with E-state index in [4.69, 9.17) is 0 Å². The minimum atomic E-state index is -5.34. The van der Waals surface area contributed by atoms with Gasteiger partial charge in [0.1, 0.15) is 0 Å². The van der Waals surface area contributed by atoms with Gasteiger partial charge in [0.15, 0.2) is 0 Å². The maximum atomic E-state index is 13.1. The zero-order valence-electron chi connectivity index (χ0n) is 9.27. The molecule has 84 valence electrons. The molecule has 0 spiro atoms. The van der Waals surface area contributed by atoms with Gasteiger partial charge in [-0.2, -0.15) is 0 Å². The van der Waals surface area contributed by atoms with E-state index in [0.29, 0.717) is 12.1 Å². The van der Waals surface area contributed by atoms with E-state index in [0.717, 1.165) is 6.07 Å². The molecule has 0 saturated heterocycles. The molecule has 1 rings (SSSR count). The fourth-order valence-electron chi connectivity index (χ4n) is 1.17. The quantitative estimate of drug-likeness (QED) is 0.540. The first kappa shape index (κ1) is 16.6.